The number of nitrogens with zero attached hydrogens (tertiary/aromatic N) is 1. The molecular formula is C8H7BFNO2. The van der Waals surface area contributed by atoms with Crippen LogP contribution in [-0.2, 0) is 6.42 Å². The summed E-state index contributed by atoms with van der Waals surface area (Å²) in [6.07, 6.45) is -0.0370. The zero-order valence-corrected chi connectivity index (χ0v) is 6.74. The summed E-state index contributed by atoms with van der Waals surface area (Å²) in [5.74, 6) is -0.491. The standard InChI is InChI=1S/C8H7BFNO2/c10-7-1-2-8(9(12)13)6(5-7)3-4-11/h1-2,5,12-13H,3H2. The van der Waals surface area contributed by atoms with Crippen LogP contribution in [0.3, 0.4) is 0 Å². The second kappa shape index (κ2) is 4.03. The van der Waals surface area contributed by atoms with Crippen LogP contribution in [0.5, 0.6) is 0 Å². The van der Waals surface area contributed by atoms with Crippen molar-refractivity contribution in [2.45, 2.75) is 6.42 Å². The van der Waals surface area contributed by atoms with Gasteiger partial charge in [0.15, 0.2) is 0 Å². The Bertz CT molecular complexity index is 348. The van der Waals surface area contributed by atoms with E-state index in [1.54, 1.807) is 0 Å². The van der Waals surface area contributed by atoms with E-state index in [0.29, 0.717) is 5.56 Å². The van der Waals surface area contributed by atoms with Crippen LogP contribution >= 0.6 is 0 Å². The second-order valence-electron chi connectivity index (χ2n) is 2.55. The van der Waals surface area contributed by atoms with Crippen molar-refractivity contribution in [1.82, 2.24) is 0 Å². The van der Waals surface area contributed by atoms with Gasteiger partial charge in [-0.3, -0.25) is 0 Å². The Balaban J connectivity index is 3.12. The molecule has 0 aliphatic rings. The number of rotatable bonds is 2. The second-order valence-corrected chi connectivity index (χ2v) is 2.55. The largest absolute Gasteiger partial charge is 0.488 e. The van der Waals surface area contributed by atoms with E-state index in [2.05, 4.69) is 0 Å². The molecule has 0 amide bonds. The molecule has 13 heavy (non-hydrogen) atoms. The van der Waals surface area contributed by atoms with Crippen LogP contribution < -0.4 is 5.46 Å². The molecule has 1 aromatic carbocycles. The van der Waals surface area contributed by atoms with Crippen molar-refractivity contribution in [2.75, 3.05) is 0 Å². The molecular weight excluding hydrogens is 172 g/mol. The minimum absolute atomic E-state index is 0.0370. The fourth-order valence-electron chi connectivity index (χ4n) is 1.06. The lowest BCUT2D eigenvalue weighted by Gasteiger charge is -2.04. The molecule has 0 atom stereocenters. The monoisotopic (exact) mass is 179 g/mol. The van der Waals surface area contributed by atoms with Crippen molar-refractivity contribution in [3.05, 3.63) is 29.6 Å². The zero-order chi connectivity index (χ0) is 9.84. The van der Waals surface area contributed by atoms with Crippen LogP contribution in [0.2, 0.25) is 0 Å². The average Bonchev–Trinajstić information content (AvgIpc) is 2.04. The van der Waals surface area contributed by atoms with Gasteiger partial charge in [0.2, 0.25) is 0 Å². The van der Waals surface area contributed by atoms with Gasteiger partial charge in [-0.25, -0.2) is 4.39 Å². The molecule has 2 N–H and O–H groups in total. The van der Waals surface area contributed by atoms with E-state index in [4.69, 9.17) is 15.3 Å². The van der Waals surface area contributed by atoms with Gasteiger partial charge < -0.3 is 10.0 Å². The van der Waals surface area contributed by atoms with E-state index in [0.717, 1.165) is 12.1 Å². The van der Waals surface area contributed by atoms with Crippen LogP contribution in [0, 0.1) is 17.1 Å². The van der Waals surface area contributed by atoms with Crippen molar-refractivity contribution >= 4 is 12.6 Å². The number of hydrogen-bond acceptors (Lipinski definition) is 3. The lowest BCUT2D eigenvalue weighted by molar-refractivity contribution is 0.425. The molecule has 0 aliphatic heterocycles. The van der Waals surface area contributed by atoms with Crippen molar-refractivity contribution < 1.29 is 14.4 Å². The first kappa shape index (κ1) is 9.71. The molecule has 5 heteroatoms. The quantitative estimate of drug-likeness (QED) is 0.605. The van der Waals surface area contributed by atoms with Gasteiger partial charge in [-0.15, -0.1) is 0 Å². The van der Waals surface area contributed by atoms with Gasteiger partial charge in [-0.2, -0.15) is 5.26 Å². The van der Waals surface area contributed by atoms with E-state index in [9.17, 15) is 4.39 Å². The third-order valence-corrected chi connectivity index (χ3v) is 1.65. The van der Waals surface area contributed by atoms with Gasteiger partial charge in [0.1, 0.15) is 5.82 Å². The Hall–Kier alpha value is -1.38. The van der Waals surface area contributed by atoms with Crippen LogP contribution in [0.15, 0.2) is 18.2 Å². The molecule has 0 fully saturated rings. The third kappa shape index (κ3) is 2.28. The molecule has 0 saturated heterocycles. The maximum atomic E-state index is 12.7. The molecule has 3 nitrogen and oxygen atoms in total. The minimum atomic E-state index is -1.66. The number of nitriles is 1. The molecule has 0 aliphatic carbocycles. The Morgan fingerprint density at radius 3 is 2.69 bits per heavy atom. The summed E-state index contributed by atoms with van der Waals surface area (Å²) in [4.78, 5) is 0. The lowest BCUT2D eigenvalue weighted by atomic mass is 9.76. The van der Waals surface area contributed by atoms with E-state index >= 15 is 0 Å². The number of halogens is 1. The molecule has 0 bridgehead atoms. The van der Waals surface area contributed by atoms with Crippen LogP contribution in [0.1, 0.15) is 5.56 Å². The fourth-order valence-corrected chi connectivity index (χ4v) is 1.06. The van der Waals surface area contributed by atoms with Gasteiger partial charge >= 0.3 is 7.12 Å². The van der Waals surface area contributed by atoms with Crippen LogP contribution in [-0.4, -0.2) is 17.2 Å². The zero-order valence-electron chi connectivity index (χ0n) is 6.74. The first-order valence-corrected chi connectivity index (χ1v) is 3.66. The highest BCUT2D eigenvalue weighted by Gasteiger charge is 2.15. The summed E-state index contributed by atoms with van der Waals surface area (Å²) in [6.45, 7) is 0. The first-order chi connectivity index (χ1) is 6.15. The Morgan fingerprint density at radius 2 is 2.15 bits per heavy atom. The summed E-state index contributed by atoms with van der Waals surface area (Å²) in [7, 11) is -1.66. The van der Waals surface area contributed by atoms with Crippen molar-refractivity contribution in [3.63, 3.8) is 0 Å². The SMILES string of the molecule is N#CCc1cc(F)ccc1B(O)O. The average molecular weight is 179 g/mol. The van der Waals surface area contributed by atoms with Crippen molar-refractivity contribution in [2.24, 2.45) is 0 Å². The topological polar surface area (TPSA) is 64.2 Å². The van der Waals surface area contributed by atoms with Gasteiger partial charge in [0, 0.05) is 0 Å². The van der Waals surface area contributed by atoms with E-state index in [1.165, 1.54) is 6.07 Å². The molecule has 0 unspecified atom stereocenters. The van der Waals surface area contributed by atoms with E-state index < -0.39 is 12.9 Å². The van der Waals surface area contributed by atoms with Crippen LogP contribution in [0.4, 0.5) is 4.39 Å². The summed E-state index contributed by atoms with van der Waals surface area (Å²) < 4.78 is 12.7. The number of hydrogen-bond donors (Lipinski definition) is 2. The summed E-state index contributed by atoms with van der Waals surface area (Å²) in [5.41, 5.74) is 0.473. The van der Waals surface area contributed by atoms with E-state index in [1.807, 2.05) is 6.07 Å². The number of benzene rings is 1. The normalized spacial score (nSPS) is 9.38. The van der Waals surface area contributed by atoms with Crippen molar-refractivity contribution in [1.29, 1.82) is 5.26 Å². The highest BCUT2D eigenvalue weighted by Crippen LogP contribution is 2.02. The highest BCUT2D eigenvalue weighted by atomic mass is 19.1. The van der Waals surface area contributed by atoms with E-state index in [-0.39, 0.29) is 11.9 Å². The van der Waals surface area contributed by atoms with Gasteiger partial charge in [0.05, 0.1) is 12.5 Å². The predicted molar refractivity (Wildman–Crippen MR) is 45.5 cm³/mol. The van der Waals surface area contributed by atoms with Gasteiger partial charge in [-0.1, -0.05) is 6.07 Å². The van der Waals surface area contributed by atoms with Crippen molar-refractivity contribution in [3.8, 4) is 6.07 Å². The Morgan fingerprint density at radius 1 is 1.46 bits per heavy atom. The highest BCUT2D eigenvalue weighted by molar-refractivity contribution is 6.59. The summed E-state index contributed by atoms with van der Waals surface area (Å²) in [6, 6.07) is 5.32. The maximum Gasteiger partial charge on any atom is 0.488 e. The minimum Gasteiger partial charge on any atom is -0.423 e. The third-order valence-electron chi connectivity index (χ3n) is 1.65. The molecule has 1 aromatic rings. The molecule has 0 heterocycles. The molecule has 0 aromatic heterocycles. The Labute approximate surface area is 75.2 Å². The first-order valence-electron chi connectivity index (χ1n) is 3.66. The molecule has 1 rings (SSSR count). The Kier molecular flexibility index (Phi) is 3.01. The van der Waals surface area contributed by atoms with Crippen LogP contribution in [0.25, 0.3) is 0 Å². The molecule has 0 spiro atoms. The van der Waals surface area contributed by atoms with Gasteiger partial charge in [-0.05, 0) is 23.2 Å². The lowest BCUT2D eigenvalue weighted by Crippen LogP contribution is -2.33. The summed E-state index contributed by atoms with van der Waals surface area (Å²) >= 11 is 0. The maximum absolute atomic E-state index is 12.7. The molecule has 0 saturated carbocycles. The molecule has 66 valence electrons. The van der Waals surface area contributed by atoms with Gasteiger partial charge in [0.25, 0.3) is 0 Å². The smallest absolute Gasteiger partial charge is 0.423 e. The molecule has 0 radical (unpaired) electrons. The predicted octanol–water partition coefficient (Wildman–Crippen LogP) is -0.428. The fraction of sp³-hybridized carbons (Fsp3) is 0.125. The summed E-state index contributed by atoms with van der Waals surface area (Å²) in [5, 5.41) is 26.1.